The number of unbranched alkanes of at least 4 members (excludes halogenated alkanes) is 1. The fourth-order valence-electron chi connectivity index (χ4n) is 3.13. The van der Waals surface area contributed by atoms with Crippen LogP contribution in [0.5, 0.6) is 0 Å². The standard InChI is InChI=1S/C20H27BrN6/c1-6-8-11-27-20-18(24-25-27)19(22-14(5)23-20)26(7-2)17-10-9-15(13(3)4)12-16(17)21/h9-10,12-13H,6-8,11H2,1-5H3. The first-order valence-electron chi connectivity index (χ1n) is 9.61. The highest BCUT2D eigenvalue weighted by molar-refractivity contribution is 9.10. The number of aryl methyl sites for hydroxylation is 2. The molecule has 144 valence electrons. The van der Waals surface area contributed by atoms with Crippen LogP contribution in [0.4, 0.5) is 11.5 Å². The first kappa shape index (κ1) is 19.7. The quantitative estimate of drug-likeness (QED) is 0.503. The van der Waals surface area contributed by atoms with Crippen LogP contribution in [0.2, 0.25) is 0 Å². The van der Waals surface area contributed by atoms with E-state index in [1.54, 1.807) is 0 Å². The van der Waals surface area contributed by atoms with E-state index >= 15 is 0 Å². The number of fused-ring (bicyclic) bond motifs is 1. The molecule has 0 atom stereocenters. The van der Waals surface area contributed by atoms with Crippen molar-refractivity contribution in [2.45, 2.75) is 59.9 Å². The van der Waals surface area contributed by atoms with Crippen LogP contribution in [-0.4, -0.2) is 31.5 Å². The zero-order valence-electron chi connectivity index (χ0n) is 16.7. The van der Waals surface area contributed by atoms with Gasteiger partial charge in [-0.15, -0.1) is 5.10 Å². The minimum absolute atomic E-state index is 0.483. The summed E-state index contributed by atoms with van der Waals surface area (Å²) >= 11 is 3.75. The Bertz CT molecular complexity index is 934. The van der Waals surface area contributed by atoms with Gasteiger partial charge in [0.15, 0.2) is 17.0 Å². The molecule has 0 radical (unpaired) electrons. The number of halogens is 1. The van der Waals surface area contributed by atoms with Crippen molar-refractivity contribution in [2.75, 3.05) is 11.4 Å². The van der Waals surface area contributed by atoms with Crippen molar-refractivity contribution >= 4 is 38.6 Å². The van der Waals surface area contributed by atoms with E-state index in [1.165, 1.54) is 5.56 Å². The average molecular weight is 431 g/mol. The lowest BCUT2D eigenvalue weighted by atomic mass is 10.0. The number of aromatic nitrogens is 5. The highest BCUT2D eigenvalue weighted by Gasteiger charge is 2.20. The second kappa shape index (κ2) is 8.33. The molecule has 3 aromatic rings. The molecule has 0 bridgehead atoms. The summed E-state index contributed by atoms with van der Waals surface area (Å²) in [5, 5.41) is 8.74. The van der Waals surface area contributed by atoms with E-state index in [2.05, 4.69) is 82.0 Å². The molecule has 2 aromatic heterocycles. The SMILES string of the molecule is CCCCn1nnc2c(N(CC)c3ccc(C(C)C)cc3Br)nc(C)nc21. The van der Waals surface area contributed by atoms with Crippen LogP contribution in [-0.2, 0) is 6.54 Å². The topological polar surface area (TPSA) is 59.7 Å². The van der Waals surface area contributed by atoms with Crippen LogP contribution >= 0.6 is 15.9 Å². The number of rotatable bonds is 7. The van der Waals surface area contributed by atoms with Crippen LogP contribution in [0.25, 0.3) is 11.2 Å². The Labute approximate surface area is 169 Å². The Kier molecular flexibility index (Phi) is 6.09. The monoisotopic (exact) mass is 430 g/mol. The molecule has 0 N–H and O–H groups in total. The Morgan fingerprint density at radius 3 is 2.59 bits per heavy atom. The normalized spacial score (nSPS) is 11.5. The molecule has 7 heteroatoms. The van der Waals surface area contributed by atoms with Gasteiger partial charge in [-0.1, -0.05) is 38.5 Å². The lowest BCUT2D eigenvalue weighted by molar-refractivity contribution is 0.563. The van der Waals surface area contributed by atoms with Gasteiger partial charge in [0.2, 0.25) is 0 Å². The van der Waals surface area contributed by atoms with Crippen molar-refractivity contribution in [3.63, 3.8) is 0 Å². The Balaban J connectivity index is 2.10. The summed E-state index contributed by atoms with van der Waals surface area (Å²) in [6.07, 6.45) is 2.16. The number of benzene rings is 1. The molecule has 0 saturated carbocycles. The van der Waals surface area contributed by atoms with Crippen molar-refractivity contribution in [1.82, 2.24) is 25.0 Å². The minimum Gasteiger partial charge on any atom is -0.324 e. The summed E-state index contributed by atoms with van der Waals surface area (Å²) in [5.41, 5.74) is 3.93. The predicted molar refractivity (Wildman–Crippen MR) is 114 cm³/mol. The molecule has 0 amide bonds. The van der Waals surface area contributed by atoms with Gasteiger partial charge in [0, 0.05) is 17.6 Å². The first-order valence-corrected chi connectivity index (χ1v) is 10.4. The molecule has 0 saturated heterocycles. The Morgan fingerprint density at radius 1 is 1.19 bits per heavy atom. The molecule has 2 heterocycles. The van der Waals surface area contributed by atoms with Crippen LogP contribution in [0.1, 0.15) is 57.8 Å². The fourth-order valence-corrected chi connectivity index (χ4v) is 3.74. The van der Waals surface area contributed by atoms with Crippen molar-refractivity contribution in [3.05, 3.63) is 34.1 Å². The molecule has 6 nitrogen and oxygen atoms in total. The van der Waals surface area contributed by atoms with E-state index in [1.807, 2.05) is 11.6 Å². The van der Waals surface area contributed by atoms with Gasteiger partial charge in [-0.2, -0.15) is 0 Å². The molecule has 1 aromatic carbocycles. The van der Waals surface area contributed by atoms with Crippen molar-refractivity contribution in [1.29, 1.82) is 0 Å². The molecule has 0 unspecified atom stereocenters. The lowest BCUT2D eigenvalue weighted by Gasteiger charge is -2.24. The lowest BCUT2D eigenvalue weighted by Crippen LogP contribution is -2.19. The number of nitrogens with zero attached hydrogens (tertiary/aromatic N) is 6. The van der Waals surface area contributed by atoms with E-state index in [4.69, 9.17) is 4.98 Å². The van der Waals surface area contributed by atoms with Gasteiger partial charge >= 0.3 is 0 Å². The summed E-state index contributed by atoms with van der Waals surface area (Å²) in [4.78, 5) is 11.5. The maximum absolute atomic E-state index is 4.72. The minimum atomic E-state index is 0.483. The molecule has 0 fully saturated rings. The van der Waals surface area contributed by atoms with E-state index < -0.39 is 0 Å². The molecule has 0 aliphatic rings. The number of hydrogen-bond acceptors (Lipinski definition) is 5. The summed E-state index contributed by atoms with van der Waals surface area (Å²) < 4.78 is 2.94. The van der Waals surface area contributed by atoms with Gasteiger partial charge in [-0.05, 0) is 59.8 Å². The van der Waals surface area contributed by atoms with Gasteiger partial charge in [-0.25, -0.2) is 14.6 Å². The first-order chi connectivity index (χ1) is 13.0. The van der Waals surface area contributed by atoms with E-state index in [-0.39, 0.29) is 0 Å². The van der Waals surface area contributed by atoms with E-state index in [0.717, 1.165) is 58.9 Å². The molecule has 0 aliphatic heterocycles. The van der Waals surface area contributed by atoms with Crippen molar-refractivity contribution < 1.29 is 0 Å². The Morgan fingerprint density at radius 2 is 1.96 bits per heavy atom. The maximum Gasteiger partial charge on any atom is 0.184 e. The van der Waals surface area contributed by atoms with Crippen LogP contribution < -0.4 is 4.90 Å². The second-order valence-corrected chi connectivity index (χ2v) is 7.90. The van der Waals surface area contributed by atoms with Crippen LogP contribution in [0, 0.1) is 6.92 Å². The van der Waals surface area contributed by atoms with Gasteiger partial charge in [0.05, 0.1) is 5.69 Å². The van der Waals surface area contributed by atoms with Gasteiger partial charge in [0.1, 0.15) is 5.82 Å². The van der Waals surface area contributed by atoms with Crippen molar-refractivity contribution in [2.24, 2.45) is 0 Å². The van der Waals surface area contributed by atoms with Gasteiger partial charge < -0.3 is 4.90 Å². The van der Waals surface area contributed by atoms with Gasteiger partial charge in [-0.3, -0.25) is 0 Å². The fraction of sp³-hybridized carbons (Fsp3) is 0.500. The predicted octanol–water partition coefficient (Wildman–Crippen LogP) is 5.37. The average Bonchev–Trinajstić information content (AvgIpc) is 3.04. The molecule has 27 heavy (non-hydrogen) atoms. The summed E-state index contributed by atoms with van der Waals surface area (Å²) in [7, 11) is 0. The van der Waals surface area contributed by atoms with E-state index in [9.17, 15) is 0 Å². The number of anilines is 2. The van der Waals surface area contributed by atoms with E-state index in [0.29, 0.717) is 5.92 Å². The van der Waals surface area contributed by atoms with Crippen molar-refractivity contribution in [3.8, 4) is 0 Å². The largest absolute Gasteiger partial charge is 0.324 e. The van der Waals surface area contributed by atoms with Crippen LogP contribution in [0.3, 0.4) is 0 Å². The highest BCUT2D eigenvalue weighted by atomic mass is 79.9. The maximum atomic E-state index is 4.72. The third kappa shape index (κ3) is 3.98. The molecular weight excluding hydrogens is 404 g/mol. The van der Waals surface area contributed by atoms with Gasteiger partial charge in [0.25, 0.3) is 0 Å². The molecule has 3 rings (SSSR count). The molecule has 0 aliphatic carbocycles. The Hall–Kier alpha value is -2.02. The number of hydrogen-bond donors (Lipinski definition) is 0. The molecule has 0 spiro atoms. The molecular formula is C20H27BrN6. The summed E-state index contributed by atoms with van der Waals surface area (Å²) in [6.45, 7) is 12.2. The zero-order chi connectivity index (χ0) is 19.6. The third-order valence-corrected chi connectivity index (χ3v) is 5.32. The smallest absolute Gasteiger partial charge is 0.184 e. The highest BCUT2D eigenvalue weighted by Crippen LogP contribution is 2.35. The van der Waals surface area contributed by atoms with Crippen LogP contribution in [0.15, 0.2) is 22.7 Å². The third-order valence-electron chi connectivity index (χ3n) is 4.68. The summed E-state index contributed by atoms with van der Waals surface area (Å²) in [5.74, 6) is 2.02. The zero-order valence-corrected chi connectivity index (χ0v) is 18.3. The second-order valence-electron chi connectivity index (χ2n) is 7.04. The summed E-state index contributed by atoms with van der Waals surface area (Å²) in [6, 6.07) is 6.51.